The molecule has 3 heterocycles. The molecule has 3 N–H and O–H groups in total. The minimum atomic E-state index is -3.95. The Morgan fingerprint density at radius 3 is 2.84 bits per heavy atom. The van der Waals surface area contributed by atoms with Crippen molar-refractivity contribution in [2.24, 2.45) is 0 Å². The van der Waals surface area contributed by atoms with Crippen LogP contribution in [0, 0.1) is 4.77 Å². The molecule has 32 heavy (non-hydrogen) atoms. The highest BCUT2D eigenvalue weighted by molar-refractivity contribution is 7.71. The number of rotatable bonds is 5. The standard InChI is InChI=1S/C19H28N3O8PS/c1-11(16(24)28-12-6-4-3-5-7-12)21-31(26)27-10-13-15(30-31)19(2,25)17(29-13)22-9-8-14(23)20-18(22)32/h8-9,11-13,15,17,25H,3-7,10H2,1-2H3,(H,21,26)(H,20,23,32)/t11-,13+,15?,17+,19?,31?/m0/s1. The molecule has 1 aromatic rings. The van der Waals surface area contributed by atoms with Crippen LogP contribution < -0.4 is 10.6 Å². The number of aromatic nitrogens is 2. The van der Waals surface area contributed by atoms with Gasteiger partial charge in [0.1, 0.15) is 30.0 Å². The molecular formula is C19H28N3O8PS. The molecule has 11 nitrogen and oxygen atoms in total. The Bertz CT molecular complexity index is 1020. The number of hydrogen-bond donors (Lipinski definition) is 3. The summed E-state index contributed by atoms with van der Waals surface area (Å²) in [6.45, 7) is 2.85. The van der Waals surface area contributed by atoms with E-state index in [9.17, 15) is 19.3 Å². The van der Waals surface area contributed by atoms with Crippen LogP contribution in [0.15, 0.2) is 17.1 Å². The summed E-state index contributed by atoms with van der Waals surface area (Å²) in [6.07, 6.45) is 3.30. The Balaban J connectivity index is 1.44. The summed E-state index contributed by atoms with van der Waals surface area (Å²) < 4.78 is 37.1. The molecule has 3 unspecified atom stereocenters. The largest absolute Gasteiger partial charge is 0.461 e. The van der Waals surface area contributed by atoms with Crippen LogP contribution in [0.2, 0.25) is 0 Å². The van der Waals surface area contributed by atoms with Crippen molar-refractivity contribution in [1.82, 2.24) is 14.6 Å². The highest BCUT2D eigenvalue weighted by Gasteiger charge is 2.59. The van der Waals surface area contributed by atoms with Crippen molar-refractivity contribution >= 4 is 25.9 Å². The van der Waals surface area contributed by atoms with Gasteiger partial charge in [-0.2, -0.15) is 0 Å². The number of H-pyrrole nitrogens is 1. The predicted octanol–water partition coefficient (Wildman–Crippen LogP) is 1.93. The first-order valence-corrected chi connectivity index (χ1v) is 12.6. The van der Waals surface area contributed by atoms with E-state index in [0.717, 1.165) is 32.1 Å². The second-order valence-electron chi connectivity index (χ2n) is 8.64. The maximum atomic E-state index is 13.2. The highest BCUT2D eigenvalue weighted by Crippen LogP contribution is 2.55. The number of aliphatic hydroxyl groups is 1. The van der Waals surface area contributed by atoms with Crippen molar-refractivity contribution in [2.75, 3.05) is 6.61 Å². The van der Waals surface area contributed by atoms with Gasteiger partial charge < -0.3 is 14.6 Å². The average molecular weight is 489 g/mol. The number of carbonyl (C=O) groups excluding carboxylic acids is 1. The molecule has 178 valence electrons. The molecule has 0 spiro atoms. The van der Waals surface area contributed by atoms with Crippen LogP contribution in [-0.2, 0) is 27.9 Å². The van der Waals surface area contributed by atoms with E-state index in [-0.39, 0.29) is 23.0 Å². The third kappa shape index (κ3) is 4.77. The van der Waals surface area contributed by atoms with E-state index < -0.39 is 43.8 Å². The SMILES string of the molecule is C[C@H](NP1(=O)OC[C@H]2O[C@@H](n3ccc(=O)[nH]c3=S)C(C)(O)C2O1)C(=O)OC1CCCCC1. The van der Waals surface area contributed by atoms with Gasteiger partial charge in [0, 0.05) is 12.3 Å². The van der Waals surface area contributed by atoms with Crippen LogP contribution in [0.1, 0.15) is 52.2 Å². The maximum Gasteiger partial charge on any atom is 0.406 e. The normalized spacial score (nSPS) is 36.4. The fraction of sp³-hybridized carbons (Fsp3) is 0.737. The molecule has 4 rings (SSSR count). The summed E-state index contributed by atoms with van der Waals surface area (Å²) in [5.41, 5.74) is -2.04. The lowest BCUT2D eigenvalue weighted by atomic mass is 9.96. The molecule has 2 aliphatic heterocycles. The third-order valence-electron chi connectivity index (χ3n) is 6.02. The zero-order chi connectivity index (χ0) is 23.1. The van der Waals surface area contributed by atoms with Crippen molar-refractivity contribution in [2.45, 2.75) is 82.1 Å². The van der Waals surface area contributed by atoms with Gasteiger partial charge in [0.05, 0.1) is 6.61 Å². The summed E-state index contributed by atoms with van der Waals surface area (Å²) in [7, 11) is -3.95. The molecule has 3 aliphatic rings. The van der Waals surface area contributed by atoms with E-state index >= 15 is 0 Å². The summed E-state index contributed by atoms with van der Waals surface area (Å²) in [4.78, 5) is 26.4. The first-order chi connectivity index (χ1) is 15.1. The summed E-state index contributed by atoms with van der Waals surface area (Å²) in [6, 6.07) is 0.316. The second-order valence-corrected chi connectivity index (χ2v) is 10.7. The first-order valence-electron chi connectivity index (χ1n) is 10.7. The molecule has 2 saturated heterocycles. The number of hydrogen-bond acceptors (Lipinski definition) is 9. The molecule has 1 aliphatic carbocycles. The van der Waals surface area contributed by atoms with Gasteiger partial charge in [-0.3, -0.25) is 28.2 Å². The van der Waals surface area contributed by atoms with Crippen LogP contribution in [-0.4, -0.2) is 57.2 Å². The van der Waals surface area contributed by atoms with Gasteiger partial charge >= 0.3 is 13.7 Å². The van der Waals surface area contributed by atoms with Crippen LogP contribution in [0.25, 0.3) is 0 Å². The number of ether oxygens (including phenoxy) is 2. The molecule has 0 radical (unpaired) electrons. The molecule has 3 fully saturated rings. The highest BCUT2D eigenvalue weighted by atomic mass is 32.1. The molecule has 0 aromatic carbocycles. The molecule has 1 saturated carbocycles. The van der Waals surface area contributed by atoms with Crippen LogP contribution in [0.4, 0.5) is 0 Å². The van der Waals surface area contributed by atoms with E-state index in [4.69, 9.17) is 30.7 Å². The Morgan fingerprint density at radius 2 is 2.16 bits per heavy atom. The van der Waals surface area contributed by atoms with E-state index in [1.807, 2.05) is 0 Å². The van der Waals surface area contributed by atoms with E-state index in [0.29, 0.717) is 0 Å². The number of nitrogens with one attached hydrogen (secondary N) is 2. The third-order valence-corrected chi connectivity index (χ3v) is 8.03. The van der Waals surface area contributed by atoms with Crippen LogP contribution in [0.5, 0.6) is 0 Å². The molecule has 6 atom stereocenters. The minimum Gasteiger partial charge on any atom is -0.461 e. The number of nitrogens with zero attached hydrogens (tertiary/aromatic N) is 1. The second kappa shape index (κ2) is 9.09. The average Bonchev–Trinajstić information content (AvgIpc) is 2.98. The quantitative estimate of drug-likeness (QED) is 0.319. The minimum absolute atomic E-state index is 0.0581. The fourth-order valence-electron chi connectivity index (χ4n) is 4.31. The fourth-order valence-corrected chi connectivity index (χ4v) is 6.33. The lowest BCUT2D eigenvalue weighted by molar-refractivity contribution is -0.152. The Kier molecular flexibility index (Phi) is 6.75. The number of carbonyl (C=O) groups is 1. The molecular weight excluding hydrogens is 461 g/mol. The Labute approximate surface area is 190 Å². The van der Waals surface area contributed by atoms with Gasteiger partial charge in [0.25, 0.3) is 5.56 Å². The molecule has 0 bridgehead atoms. The van der Waals surface area contributed by atoms with Crippen LogP contribution in [0.3, 0.4) is 0 Å². The lowest BCUT2D eigenvalue weighted by Gasteiger charge is -2.36. The summed E-state index contributed by atoms with van der Waals surface area (Å²) in [5.74, 6) is -0.534. The van der Waals surface area contributed by atoms with Gasteiger partial charge in [0.15, 0.2) is 11.0 Å². The molecule has 0 amide bonds. The van der Waals surface area contributed by atoms with Crippen LogP contribution >= 0.6 is 20.0 Å². The molecule has 13 heteroatoms. The van der Waals surface area contributed by atoms with Crippen molar-refractivity contribution in [3.63, 3.8) is 0 Å². The van der Waals surface area contributed by atoms with Gasteiger partial charge in [-0.05, 0) is 51.7 Å². The molecule has 1 aromatic heterocycles. The predicted molar refractivity (Wildman–Crippen MR) is 114 cm³/mol. The zero-order valence-corrected chi connectivity index (χ0v) is 19.6. The number of aromatic amines is 1. The van der Waals surface area contributed by atoms with Crippen molar-refractivity contribution < 1.29 is 33.0 Å². The monoisotopic (exact) mass is 489 g/mol. The number of fused-ring (bicyclic) bond motifs is 1. The van der Waals surface area contributed by atoms with Gasteiger partial charge in [-0.1, -0.05) is 6.42 Å². The summed E-state index contributed by atoms with van der Waals surface area (Å²) >= 11 is 5.17. The van der Waals surface area contributed by atoms with Crippen molar-refractivity contribution in [3.05, 3.63) is 27.4 Å². The summed E-state index contributed by atoms with van der Waals surface area (Å²) in [5, 5.41) is 13.8. The topological polar surface area (TPSA) is 141 Å². The van der Waals surface area contributed by atoms with E-state index in [1.54, 1.807) is 0 Å². The maximum absolute atomic E-state index is 13.2. The zero-order valence-electron chi connectivity index (χ0n) is 17.9. The number of esters is 1. The smallest absolute Gasteiger partial charge is 0.406 e. The van der Waals surface area contributed by atoms with Gasteiger partial charge in [-0.15, -0.1) is 0 Å². The van der Waals surface area contributed by atoms with Crippen molar-refractivity contribution in [1.29, 1.82) is 0 Å². The van der Waals surface area contributed by atoms with E-state index in [2.05, 4.69) is 10.1 Å². The van der Waals surface area contributed by atoms with E-state index in [1.165, 1.54) is 30.7 Å². The Morgan fingerprint density at radius 1 is 1.44 bits per heavy atom. The van der Waals surface area contributed by atoms with Gasteiger partial charge in [-0.25, -0.2) is 9.65 Å². The lowest BCUT2D eigenvalue weighted by Crippen LogP contribution is -2.49. The Hall–Kier alpha value is -1.40. The van der Waals surface area contributed by atoms with Crippen molar-refractivity contribution in [3.8, 4) is 0 Å². The van der Waals surface area contributed by atoms with Gasteiger partial charge in [0.2, 0.25) is 0 Å². The first kappa shape index (κ1) is 23.7.